The summed E-state index contributed by atoms with van der Waals surface area (Å²) in [7, 11) is 0. The van der Waals surface area contributed by atoms with Gasteiger partial charge in [-0.2, -0.15) is 0 Å². The summed E-state index contributed by atoms with van der Waals surface area (Å²) in [6.07, 6.45) is 12.1. The number of aromatic nitrogens is 9. The summed E-state index contributed by atoms with van der Waals surface area (Å²) < 4.78 is 53.5. The van der Waals surface area contributed by atoms with Gasteiger partial charge in [-0.1, -0.05) is 133 Å². The third kappa shape index (κ3) is 7.17. The van der Waals surface area contributed by atoms with Crippen molar-refractivity contribution in [3.05, 3.63) is 235 Å². The number of aryl methyl sites for hydroxylation is 1. The maximum absolute atomic E-state index is 16.0. The first-order valence-corrected chi connectivity index (χ1v) is 23.8. The van der Waals surface area contributed by atoms with Gasteiger partial charge in [-0.3, -0.25) is 13.7 Å². The summed E-state index contributed by atoms with van der Waals surface area (Å²) in [5.41, 5.74) is 8.91. The zero-order valence-electron chi connectivity index (χ0n) is 38.4. The third-order valence-electron chi connectivity index (χ3n) is 13.4. The average Bonchev–Trinajstić information content (AvgIpc) is 4.13. The third-order valence-corrected chi connectivity index (χ3v) is 13.4. The molecule has 0 amide bonds. The molecule has 13 rings (SSSR count). The van der Waals surface area contributed by atoms with Gasteiger partial charge in [-0.15, -0.1) is 0 Å². The van der Waals surface area contributed by atoms with Gasteiger partial charge in [0, 0.05) is 33.7 Å². The molecule has 0 saturated heterocycles. The Morgan fingerprint density at radius 2 is 0.917 bits per heavy atom. The summed E-state index contributed by atoms with van der Waals surface area (Å²) in [5.74, 6) is 1.03. The van der Waals surface area contributed by atoms with E-state index < -0.39 is 11.7 Å². The minimum Gasteiger partial charge on any atom is -0.293 e. The van der Waals surface area contributed by atoms with Gasteiger partial charge in [0.1, 0.15) is 34.9 Å². The molecule has 4 heterocycles. The molecule has 0 aliphatic heterocycles. The van der Waals surface area contributed by atoms with Crippen molar-refractivity contribution in [2.45, 2.75) is 25.2 Å². The van der Waals surface area contributed by atoms with Crippen LogP contribution in [0.25, 0.3) is 96.3 Å². The van der Waals surface area contributed by atoms with Crippen LogP contribution in [-0.4, -0.2) is 43.6 Å². The first-order valence-electron chi connectivity index (χ1n) is 23.8. The summed E-state index contributed by atoms with van der Waals surface area (Å²) in [5, 5.41) is 0. The molecule has 11 aromatic rings. The van der Waals surface area contributed by atoms with Crippen molar-refractivity contribution in [1.29, 1.82) is 0 Å². The fraction of sp³-hybridized carbons (Fsp3) is 0.0667. The highest BCUT2D eigenvalue weighted by Crippen LogP contribution is 2.43. The quantitative estimate of drug-likeness (QED) is 0.143. The molecule has 0 bridgehead atoms. The van der Waals surface area contributed by atoms with Crippen LogP contribution in [0.1, 0.15) is 41.8 Å². The summed E-state index contributed by atoms with van der Waals surface area (Å²) in [6.45, 7) is 0. The van der Waals surface area contributed by atoms with Crippen molar-refractivity contribution in [3.63, 3.8) is 0 Å². The normalized spacial score (nSPS) is 14.3. The van der Waals surface area contributed by atoms with E-state index in [0.29, 0.717) is 98.1 Å². The van der Waals surface area contributed by atoms with E-state index in [2.05, 4.69) is 12.2 Å². The molecule has 72 heavy (non-hydrogen) atoms. The van der Waals surface area contributed by atoms with Crippen molar-refractivity contribution < 1.29 is 13.2 Å². The van der Waals surface area contributed by atoms with Crippen molar-refractivity contribution in [2.24, 2.45) is 0 Å². The van der Waals surface area contributed by atoms with Crippen molar-refractivity contribution in [3.8, 4) is 62.6 Å². The number of para-hydroxylation sites is 7. The van der Waals surface area contributed by atoms with Crippen molar-refractivity contribution >= 4 is 33.7 Å². The van der Waals surface area contributed by atoms with Crippen molar-refractivity contribution in [2.75, 3.05) is 0 Å². The molecule has 0 fully saturated rings. The molecular weight excluding hydrogens is 904 g/mol. The number of benzene rings is 7. The zero-order chi connectivity index (χ0) is 48.3. The standard InChI is InChI=1S/C60H40F3N9/c61-43-25-7-13-31-49(43)70-52-34-16-10-28-46(52)64-58(70)40-22-4-1-19-37(40)55-67-56(38-20-2-5-23-41(38)59-65-47-29-11-17-35-53(47)71(59)50-32-14-8-26-44(50)62)69-57(68-55)39-21-3-6-24-42(39)60-66-48-30-12-18-36-54(48)72(60)51-33-15-9-27-45(51)63/h1-11,13-22,24-29,31-36,41H,12,23,30H2. The molecule has 4 aromatic heterocycles. The summed E-state index contributed by atoms with van der Waals surface area (Å²) >= 11 is 0. The first kappa shape index (κ1) is 42.8. The highest BCUT2D eigenvalue weighted by Gasteiger charge is 2.31. The summed E-state index contributed by atoms with van der Waals surface area (Å²) in [6, 6.07) is 50.9. The largest absolute Gasteiger partial charge is 0.293 e. The van der Waals surface area contributed by atoms with Crippen LogP contribution in [0.4, 0.5) is 13.2 Å². The molecule has 2 aliphatic rings. The molecule has 7 aromatic carbocycles. The Kier molecular flexibility index (Phi) is 10.5. The van der Waals surface area contributed by atoms with Crippen LogP contribution >= 0.6 is 0 Å². The van der Waals surface area contributed by atoms with E-state index in [1.54, 1.807) is 42.5 Å². The van der Waals surface area contributed by atoms with Gasteiger partial charge in [-0.05, 0) is 86.0 Å². The van der Waals surface area contributed by atoms with Gasteiger partial charge in [0.15, 0.2) is 17.5 Å². The van der Waals surface area contributed by atoms with E-state index in [9.17, 15) is 0 Å². The molecule has 12 heteroatoms. The molecule has 0 N–H and O–H groups in total. The highest BCUT2D eigenvalue weighted by molar-refractivity contribution is 5.89. The van der Waals surface area contributed by atoms with Gasteiger partial charge < -0.3 is 0 Å². The van der Waals surface area contributed by atoms with E-state index in [1.165, 1.54) is 18.2 Å². The topological polar surface area (TPSA) is 92.1 Å². The molecule has 1 unspecified atom stereocenters. The van der Waals surface area contributed by atoms with E-state index >= 15 is 13.2 Å². The van der Waals surface area contributed by atoms with Crippen LogP contribution in [0, 0.1) is 17.5 Å². The first-order chi connectivity index (χ1) is 35.5. The van der Waals surface area contributed by atoms with Crippen LogP contribution in [0.2, 0.25) is 0 Å². The lowest BCUT2D eigenvalue weighted by Gasteiger charge is -2.23. The SMILES string of the molecule is Fc1ccccc1-n1c(-c2ccccc2-c2nc(C3=CC=CCC3c3nc4ccccc4n3-c3ccccc3F)nc(-c3ccccc3-c3nc4ccccc4n3-c3ccccc3F)n2)nc2c1C=CCC2. The van der Waals surface area contributed by atoms with Crippen LogP contribution in [0.5, 0.6) is 0 Å². The lowest BCUT2D eigenvalue weighted by molar-refractivity contribution is 0.614. The second kappa shape index (κ2) is 17.6. The van der Waals surface area contributed by atoms with E-state index in [4.69, 9.17) is 29.9 Å². The second-order valence-corrected chi connectivity index (χ2v) is 17.7. The van der Waals surface area contributed by atoms with Crippen LogP contribution in [0.3, 0.4) is 0 Å². The van der Waals surface area contributed by atoms with Gasteiger partial charge in [0.25, 0.3) is 0 Å². The lowest BCUT2D eigenvalue weighted by atomic mass is 9.89. The Morgan fingerprint density at radius 1 is 0.431 bits per heavy atom. The van der Waals surface area contributed by atoms with Crippen LogP contribution in [0.15, 0.2) is 194 Å². The number of hydrogen-bond acceptors (Lipinski definition) is 6. The number of halogens is 3. The van der Waals surface area contributed by atoms with E-state index in [0.717, 1.165) is 34.4 Å². The number of allylic oxidation sites excluding steroid dienone is 5. The second-order valence-electron chi connectivity index (χ2n) is 17.7. The Hall–Kier alpha value is -9.29. The monoisotopic (exact) mass is 943 g/mol. The maximum Gasteiger partial charge on any atom is 0.164 e. The van der Waals surface area contributed by atoms with E-state index in [1.807, 2.05) is 141 Å². The van der Waals surface area contributed by atoms with Crippen LogP contribution < -0.4 is 0 Å². The van der Waals surface area contributed by atoms with Crippen LogP contribution in [-0.2, 0) is 6.42 Å². The van der Waals surface area contributed by atoms with Gasteiger partial charge in [0.05, 0.1) is 50.5 Å². The fourth-order valence-corrected chi connectivity index (χ4v) is 10.2. The number of nitrogens with zero attached hydrogens (tertiary/aromatic N) is 9. The van der Waals surface area contributed by atoms with E-state index in [-0.39, 0.29) is 11.6 Å². The molecule has 0 radical (unpaired) electrons. The molecule has 2 aliphatic carbocycles. The summed E-state index contributed by atoms with van der Waals surface area (Å²) in [4.78, 5) is 31.7. The predicted octanol–water partition coefficient (Wildman–Crippen LogP) is 13.9. The Labute approximate surface area is 411 Å². The number of hydrogen-bond donors (Lipinski definition) is 0. The fourth-order valence-electron chi connectivity index (χ4n) is 10.2. The minimum absolute atomic E-state index is 0.323. The van der Waals surface area contributed by atoms with Gasteiger partial charge >= 0.3 is 0 Å². The Bertz CT molecular complexity index is 4050. The molecule has 1 atom stereocenters. The van der Waals surface area contributed by atoms with Gasteiger partial charge in [-0.25, -0.2) is 43.1 Å². The highest BCUT2D eigenvalue weighted by atomic mass is 19.1. The molecule has 346 valence electrons. The molecule has 9 nitrogen and oxygen atoms in total. The molecular formula is C60H40F3N9. The minimum atomic E-state index is -0.445. The predicted molar refractivity (Wildman–Crippen MR) is 276 cm³/mol. The lowest BCUT2D eigenvalue weighted by Crippen LogP contribution is -2.15. The number of imidazole rings is 3. The smallest absolute Gasteiger partial charge is 0.164 e. The van der Waals surface area contributed by atoms with Gasteiger partial charge in [0.2, 0.25) is 0 Å². The molecule has 0 saturated carbocycles. The number of fused-ring (bicyclic) bond motifs is 3. The average molecular weight is 944 g/mol. The van der Waals surface area contributed by atoms with Crippen molar-refractivity contribution in [1.82, 2.24) is 43.6 Å². The molecule has 0 spiro atoms. The maximum atomic E-state index is 16.0. The zero-order valence-corrected chi connectivity index (χ0v) is 38.4. The Balaban J connectivity index is 1.06. The Morgan fingerprint density at radius 3 is 1.54 bits per heavy atom. The number of rotatable bonds is 9.